The molecule has 0 atom stereocenters. The lowest BCUT2D eigenvalue weighted by Gasteiger charge is -2.45. The maximum absolute atomic E-state index is 13.7. The summed E-state index contributed by atoms with van der Waals surface area (Å²) in [4.78, 5) is 11.0. The van der Waals surface area contributed by atoms with Gasteiger partial charge in [-0.25, -0.2) is 9.98 Å². The van der Waals surface area contributed by atoms with Gasteiger partial charge >= 0.3 is 12.4 Å². The van der Waals surface area contributed by atoms with Crippen LogP contribution >= 0.6 is 24.0 Å². The van der Waals surface area contributed by atoms with Crippen LogP contribution in [0.15, 0.2) is 70.6 Å². The molecule has 1 aliphatic heterocycles. The standard InChI is InChI=1S/C30H20F6N6S2/c1-17-3-9-22(10-4-17)42-27(40-21-8-6-19(16-38)24(14-21)30(34,35)36)44-25(28(42)11-2-12-28)41-26(43)39-20-7-5-18(15-37)23(13-20)29(31,32)33/h3-10,13-14H,2,11-12H2,1H3,(H,39,43)/b40-27?,41-25-. The van der Waals surface area contributed by atoms with Gasteiger partial charge in [0.1, 0.15) is 5.04 Å². The first-order valence-corrected chi connectivity index (χ1v) is 14.2. The maximum Gasteiger partial charge on any atom is 0.417 e. The molecule has 1 heterocycles. The van der Waals surface area contributed by atoms with Gasteiger partial charge in [0.05, 0.1) is 45.6 Å². The van der Waals surface area contributed by atoms with E-state index in [9.17, 15) is 31.6 Å². The minimum Gasteiger partial charge on any atom is -0.331 e. The van der Waals surface area contributed by atoms with Crippen LogP contribution in [0.25, 0.3) is 0 Å². The summed E-state index contributed by atoms with van der Waals surface area (Å²) >= 11 is 6.50. The van der Waals surface area contributed by atoms with Crippen LogP contribution in [0.3, 0.4) is 0 Å². The summed E-state index contributed by atoms with van der Waals surface area (Å²) < 4.78 is 81.5. The number of nitriles is 2. The molecule has 0 amide bonds. The zero-order valence-electron chi connectivity index (χ0n) is 22.7. The lowest BCUT2D eigenvalue weighted by molar-refractivity contribution is -0.138. The van der Waals surface area contributed by atoms with Crippen LogP contribution in [-0.4, -0.2) is 20.9 Å². The molecule has 1 saturated heterocycles. The van der Waals surface area contributed by atoms with Crippen molar-refractivity contribution in [1.29, 1.82) is 10.5 Å². The Hall–Kier alpha value is -4.40. The van der Waals surface area contributed by atoms with Crippen molar-refractivity contribution in [3.8, 4) is 12.1 Å². The van der Waals surface area contributed by atoms with Crippen molar-refractivity contribution in [2.75, 3.05) is 10.2 Å². The zero-order chi connectivity index (χ0) is 31.9. The summed E-state index contributed by atoms with van der Waals surface area (Å²) in [5.74, 6) is 0. The van der Waals surface area contributed by atoms with E-state index in [0.717, 1.165) is 53.7 Å². The highest BCUT2D eigenvalue weighted by Crippen LogP contribution is 2.51. The number of hydrogen-bond donors (Lipinski definition) is 1. The lowest BCUT2D eigenvalue weighted by Crippen LogP contribution is -2.55. The third kappa shape index (κ3) is 6.00. The molecule has 1 N–H and O–H groups in total. The second kappa shape index (κ2) is 11.6. The molecular formula is C30H20F6N6S2. The van der Waals surface area contributed by atoms with Crippen molar-refractivity contribution >= 4 is 56.4 Å². The fourth-order valence-corrected chi connectivity index (χ4v) is 6.53. The Labute approximate surface area is 257 Å². The third-order valence-corrected chi connectivity index (χ3v) is 8.55. The second-order valence-corrected chi connectivity index (χ2v) is 11.5. The summed E-state index contributed by atoms with van der Waals surface area (Å²) in [6, 6.07) is 16.9. The summed E-state index contributed by atoms with van der Waals surface area (Å²) in [6.07, 6.45) is -7.48. The van der Waals surface area contributed by atoms with Crippen LogP contribution in [0.2, 0.25) is 0 Å². The van der Waals surface area contributed by atoms with Crippen molar-refractivity contribution in [3.05, 3.63) is 88.5 Å². The highest BCUT2D eigenvalue weighted by atomic mass is 32.2. The molecule has 0 aromatic heterocycles. The van der Waals surface area contributed by atoms with Crippen molar-refractivity contribution in [2.45, 2.75) is 44.1 Å². The van der Waals surface area contributed by atoms with Gasteiger partial charge in [-0.05, 0) is 98.7 Å². The van der Waals surface area contributed by atoms with Gasteiger partial charge in [-0.3, -0.25) is 0 Å². The molecule has 3 aromatic carbocycles. The van der Waals surface area contributed by atoms with Gasteiger partial charge in [0.25, 0.3) is 0 Å². The van der Waals surface area contributed by atoms with Crippen LogP contribution in [-0.2, 0) is 12.4 Å². The molecule has 44 heavy (non-hydrogen) atoms. The molecule has 1 spiro atoms. The Morgan fingerprint density at radius 2 is 1.50 bits per heavy atom. The van der Waals surface area contributed by atoms with Crippen molar-refractivity contribution in [1.82, 2.24) is 0 Å². The summed E-state index contributed by atoms with van der Waals surface area (Å²) in [5, 5.41) is 21.6. The number of amidine groups is 1. The van der Waals surface area contributed by atoms with Crippen LogP contribution < -0.4 is 10.2 Å². The third-order valence-electron chi connectivity index (χ3n) is 7.23. The molecule has 0 radical (unpaired) electrons. The van der Waals surface area contributed by atoms with Crippen LogP contribution in [0, 0.1) is 29.6 Å². The van der Waals surface area contributed by atoms with Gasteiger partial charge in [-0.2, -0.15) is 36.9 Å². The van der Waals surface area contributed by atoms with E-state index in [-0.39, 0.29) is 16.5 Å². The first-order chi connectivity index (χ1) is 20.7. The van der Waals surface area contributed by atoms with Gasteiger partial charge in [-0.1, -0.05) is 17.7 Å². The van der Waals surface area contributed by atoms with E-state index in [0.29, 0.717) is 23.1 Å². The van der Waals surface area contributed by atoms with E-state index in [4.69, 9.17) is 17.5 Å². The van der Waals surface area contributed by atoms with Crippen molar-refractivity contribution in [3.63, 3.8) is 0 Å². The molecule has 6 nitrogen and oxygen atoms in total. The first-order valence-electron chi connectivity index (χ1n) is 13.0. The number of nitrogens with zero attached hydrogens (tertiary/aromatic N) is 5. The highest BCUT2D eigenvalue weighted by molar-refractivity contribution is 8.27. The highest BCUT2D eigenvalue weighted by Gasteiger charge is 2.55. The molecular weight excluding hydrogens is 622 g/mol. The van der Waals surface area contributed by atoms with Crippen molar-refractivity contribution < 1.29 is 26.3 Å². The molecule has 2 aliphatic rings. The number of halogens is 6. The lowest BCUT2D eigenvalue weighted by atomic mass is 9.76. The van der Waals surface area contributed by atoms with Gasteiger partial charge in [-0.15, -0.1) is 0 Å². The summed E-state index contributed by atoms with van der Waals surface area (Å²) in [7, 11) is 0. The van der Waals surface area contributed by atoms with E-state index in [1.165, 1.54) is 18.2 Å². The smallest absolute Gasteiger partial charge is 0.331 e. The van der Waals surface area contributed by atoms with E-state index >= 15 is 0 Å². The number of rotatable bonds is 3. The Kier molecular flexibility index (Phi) is 8.18. The van der Waals surface area contributed by atoms with Crippen LogP contribution in [0.1, 0.15) is 47.1 Å². The SMILES string of the molecule is Cc1ccc(N2C(=Nc3ccc(C#N)c(C(F)(F)F)c3)S/C(=N\C(=S)Nc3ccc(C#N)c(C(F)(F)F)c3)C23CCC3)cc1. The molecule has 224 valence electrons. The average molecular weight is 643 g/mol. The minimum absolute atomic E-state index is 0.0159. The molecule has 2 fully saturated rings. The van der Waals surface area contributed by atoms with Crippen LogP contribution in [0.5, 0.6) is 0 Å². The van der Waals surface area contributed by atoms with E-state index in [2.05, 4.69) is 15.3 Å². The predicted molar refractivity (Wildman–Crippen MR) is 161 cm³/mol. The number of aryl methyl sites for hydroxylation is 1. The molecule has 1 saturated carbocycles. The molecule has 5 rings (SSSR count). The molecule has 1 aliphatic carbocycles. The Morgan fingerprint density at radius 1 is 0.909 bits per heavy atom. The van der Waals surface area contributed by atoms with Gasteiger partial charge < -0.3 is 10.2 Å². The monoisotopic (exact) mass is 642 g/mol. The number of thioether (sulfide) groups is 1. The number of benzene rings is 3. The van der Waals surface area contributed by atoms with Gasteiger partial charge in [0, 0.05) is 11.4 Å². The quantitative estimate of drug-likeness (QED) is 0.227. The summed E-state index contributed by atoms with van der Waals surface area (Å²) in [6.45, 7) is 1.91. The number of alkyl halides is 6. The number of thiocarbonyl (C=S) groups is 1. The number of aliphatic imine (C=N–C) groups is 2. The topological polar surface area (TPSA) is 87.6 Å². The number of anilines is 2. The molecule has 14 heteroatoms. The first kappa shape index (κ1) is 31.0. The molecule has 3 aromatic rings. The molecule has 0 unspecified atom stereocenters. The maximum atomic E-state index is 13.7. The normalized spacial score (nSPS) is 17.8. The van der Waals surface area contributed by atoms with E-state index in [1.807, 2.05) is 36.1 Å². The number of hydrogen-bond acceptors (Lipinski definition) is 5. The predicted octanol–water partition coefficient (Wildman–Crippen LogP) is 8.74. The van der Waals surface area contributed by atoms with E-state index < -0.39 is 40.1 Å². The van der Waals surface area contributed by atoms with Crippen LogP contribution in [0.4, 0.5) is 43.4 Å². The average Bonchev–Trinajstić information content (AvgIpc) is 3.26. The largest absolute Gasteiger partial charge is 0.417 e. The fraction of sp³-hybridized carbons (Fsp3) is 0.233. The second-order valence-electron chi connectivity index (χ2n) is 10.1. The van der Waals surface area contributed by atoms with Gasteiger partial charge in [0.15, 0.2) is 10.3 Å². The summed E-state index contributed by atoms with van der Waals surface area (Å²) in [5.41, 5.74) is -2.35. The fourth-order valence-electron chi connectivity index (χ4n) is 4.95. The Balaban J connectivity index is 1.56. The Morgan fingerprint density at radius 3 is 2.05 bits per heavy atom. The zero-order valence-corrected chi connectivity index (χ0v) is 24.3. The van der Waals surface area contributed by atoms with Crippen molar-refractivity contribution in [2.24, 2.45) is 9.98 Å². The van der Waals surface area contributed by atoms with Gasteiger partial charge in [0.2, 0.25) is 0 Å². The number of nitrogens with one attached hydrogen (secondary N) is 1. The molecule has 0 bridgehead atoms. The van der Waals surface area contributed by atoms with E-state index in [1.54, 1.807) is 6.07 Å². The minimum atomic E-state index is -4.77. The Bertz CT molecular complexity index is 1780.